The van der Waals surface area contributed by atoms with Crippen molar-refractivity contribution in [2.24, 2.45) is 4.99 Å². The average Bonchev–Trinajstić information content (AvgIpc) is 3.10. The molecule has 34 heavy (non-hydrogen) atoms. The Kier molecular flexibility index (Phi) is 8.29. The van der Waals surface area contributed by atoms with Gasteiger partial charge in [-0.25, -0.2) is 8.42 Å². The third kappa shape index (κ3) is 6.81. The number of rotatable bonds is 10. The SMILES string of the molecule is CCOC(=O)Cn1c(=NC(=O)CCCS(=O)(=O)Cc2ccccc2)sc2cc([N+](=O)[O-])ccc21. The molecule has 0 saturated heterocycles. The molecular formula is C22H23N3O7S2. The zero-order valence-corrected chi connectivity index (χ0v) is 20.0. The summed E-state index contributed by atoms with van der Waals surface area (Å²) in [5.41, 5.74) is 1.05. The Labute approximate surface area is 199 Å². The molecule has 1 heterocycles. The second-order valence-corrected chi connectivity index (χ2v) is 10.6. The van der Waals surface area contributed by atoms with E-state index in [2.05, 4.69) is 4.99 Å². The van der Waals surface area contributed by atoms with Crippen molar-refractivity contribution in [2.75, 3.05) is 12.4 Å². The summed E-state index contributed by atoms with van der Waals surface area (Å²) in [6, 6.07) is 12.9. The van der Waals surface area contributed by atoms with Crippen LogP contribution in [0.2, 0.25) is 0 Å². The molecule has 0 spiro atoms. The lowest BCUT2D eigenvalue weighted by atomic mass is 10.2. The molecule has 0 fully saturated rings. The van der Waals surface area contributed by atoms with Gasteiger partial charge in [-0.05, 0) is 25.0 Å². The number of ether oxygens (including phenoxy) is 1. The first kappa shape index (κ1) is 25.2. The van der Waals surface area contributed by atoms with Gasteiger partial charge in [0.05, 0.1) is 33.3 Å². The largest absolute Gasteiger partial charge is 0.465 e. The van der Waals surface area contributed by atoms with Crippen molar-refractivity contribution in [3.05, 3.63) is 69.0 Å². The maximum atomic E-state index is 12.5. The summed E-state index contributed by atoms with van der Waals surface area (Å²) in [6.07, 6.45) is 0.00750. The van der Waals surface area contributed by atoms with Crippen molar-refractivity contribution in [1.82, 2.24) is 4.57 Å². The quantitative estimate of drug-likeness (QED) is 0.234. The fraction of sp³-hybridized carbons (Fsp3) is 0.318. The van der Waals surface area contributed by atoms with Gasteiger partial charge in [0.25, 0.3) is 5.69 Å². The van der Waals surface area contributed by atoms with E-state index >= 15 is 0 Å². The van der Waals surface area contributed by atoms with E-state index in [-0.39, 0.29) is 48.0 Å². The zero-order valence-electron chi connectivity index (χ0n) is 18.4. The summed E-state index contributed by atoms with van der Waals surface area (Å²) >= 11 is 1.03. The third-order valence-corrected chi connectivity index (χ3v) is 7.49. The average molecular weight is 506 g/mol. The maximum Gasteiger partial charge on any atom is 0.326 e. The number of esters is 1. The number of carbonyl (C=O) groups excluding carboxylic acids is 2. The van der Waals surface area contributed by atoms with E-state index < -0.39 is 26.6 Å². The second-order valence-electron chi connectivity index (χ2n) is 7.37. The van der Waals surface area contributed by atoms with Gasteiger partial charge >= 0.3 is 5.97 Å². The molecule has 10 nitrogen and oxygen atoms in total. The molecule has 0 aliphatic carbocycles. The lowest BCUT2D eigenvalue weighted by Crippen LogP contribution is -2.23. The number of aromatic nitrogens is 1. The molecule has 0 bridgehead atoms. The highest BCUT2D eigenvalue weighted by atomic mass is 32.2. The summed E-state index contributed by atoms with van der Waals surface area (Å²) in [4.78, 5) is 39.3. The van der Waals surface area contributed by atoms with Crippen molar-refractivity contribution in [3.8, 4) is 0 Å². The minimum Gasteiger partial charge on any atom is -0.465 e. The van der Waals surface area contributed by atoms with Crippen LogP contribution < -0.4 is 4.80 Å². The van der Waals surface area contributed by atoms with Gasteiger partial charge in [0.15, 0.2) is 14.6 Å². The Bertz CT molecular complexity index is 1380. The Morgan fingerprint density at radius 3 is 2.59 bits per heavy atom. The normalized spacial score (nSPS) is 12.1. The molecule has 0 aliphatic heterocycles. The molecule has 2 aromatic carbocycles. The topological polar surface area (TPSA) is 138 Å². The van der Waals surface area contributed by atoms with Gasteiger partial charge in [0, 0.05) is 18.6 Å². The molecular weight excluding hydrogens is 482 g/mol. The zero-order chi connectivity index (χ0) is 24.7. The Morgan fingerprint density at radius 2 is 1.91 bits per heavy atom. The number of hydrogen-bond acceptors (Lipinski definition) is 8. The Hall–Kier alpha value is -3.38. The van der Waals surface area contributed by atoms with Crippen LogP contribution in [-0.2, 0) is 36.5 Å². The van der Waals surface area contributed by atoms with Crippen LogP contribution in [0.5, 0.6) is 0 Å². The van der Waals surface area contributed by atoms with E-state index in [1.165, 1.54) is 22.8 Å². The molecule has 0 atom stereocenters. The number of hydrogen-bond donors (Lipinski definition) is 0. The third-order valence-electron chi connectivity index (χ3n) is 4.77. The van der Waals surface area contributed by atoms with Crippen molar-refractivity contribution < 1.29 is 27.7 Å². The molecule has 0 radical (unpaired) electrons. The van der Waals surface area contributed by atoms with E-state index in [4.69, 9.17) is 4.74 Å². The predicted molar refractivity (Wildman–Crippen MR) is 127 cm³/mol. The van der Waals surface area contributed by atoms with E-state index in [0.717, 1.165) is 11.3 Å². The predicted octanol–water partition coefficient (Wildman–Crippen LogP) is 3.00. The first-order valence-electron chi connectivity index (χ1n) is 10.4. The van der Waals surface area contributed by atoms with Crippen molar-refractivity contribution >= 4 is 49.0 Å². The van der Waals surface area contributed by atoms with Crippen LogP contribution in [0.25, 0.3) is 10.2 Å². The minimum atomic E-state index is -3.39. The van der Waals surface area contributed by atoms with Crippen LogP contribution in [0.4, 0.5) is 5.69 Å². The van der Waals surface area contributed by atoms with Gasteiger partial charge in [-0.1, -0.05) is 41.7 Å². The number of non-ortho nitro benzene ring substituents is 1. The van der Waals surface area contributed by atoms with Crippen LogP contribution in [0, 0.1) is 10.1 Å². The van der Waals surface area contributed by atoms with Crippen LogP contribution in [0.15, 0.2) is 53.5 Å². The number of carbonyl (C=O) groups is 2. The van der Waals surface area contributed by atoms with Crippen molar-refractivity contribution in [2.45, 2.75) is 32.1 Å². The van der Waals surface area contributed by atoms with Crippen LogP contribution >= 0.6 is 11.3 Å². The fourth-order valence-corrected chi connectivity index (χ4v) is 5.76. The number of nitro groups is 1. The summed E-state index contributed by atoms with van der Waals surface area (Å²) in [5.74, 6) is -1.35. The van der Waals surface area contributed by atoms with Gasteiger partial charge in [-0.2, -0.15) is 4.99 Å². The number of thiazole rings is 1. The molecule has 0 unspecified atom stereocenters. The Balaban J connectivity index is 1.78. The standard InChI is InChI=1S/C22H23N3O7S2/c1-2-32-21(27)14-24-18-11-10-17(25(28)29)13-19(18)33-22(24)23-20(26)9-6-12-34(30,31)15-16-7-4-3-5-8-16/h3-5,7-8,10-11,13H,2,6,9,12,14-15H2,1H3. The smallest absolute Gasteiger partial charge is 0.326 e. The number of amides is 1. The summed E-state index contributed by atoms with van der Waals surface area (Å²) in [5, 5.41) is 11.1. The maximum absolute atomic E-state index is 12.5. The van der Waals surface area contributed by atoms with Crippen molar-refractivity contribution in [1.29, 1.82) is 0 Å². The first-order chi connectivity index (χ1) is 16.2. The first-order valence-corrected chi connectivity index (χ1v) is 13.1. The molecule has 3 aromatic rings. The molecule has 1 amide bonds. The summed E-state index contributed by atoms with van der Waals surface area (Å²) in [6.45, 7) is 1.62. The van der Waals surface area contributed by atoms with Crippen LogP contribution in [-0.4, -0.2) is 42.1 Å². The molecule has 3 rings (SSSR count). The lowest BCUT2D eigenvalue weighted by Gasteiger charge is -2.05. The molecule has 0 aliphatic rings. The van der Waals surface area contributed by atoms with Gasteiger partial charge in [0.1, 0.15) is 6.54 Å². The second kappa shape index (κ2) is 11.2. The number of nitro benzene ring substituents is 1. The van der Waals surface area contributed by atoms with Gasteiger partial charge < -0.3 is 9.30 Å². The molecule has 0 saturated carbocycles. The molecule has 12 heteroatoms. The monoisotopic (exact) mass is 505 g/mol. The van der Waals surface area contributed by atoms with Gasteiger partial charge in [0.2, 0.25) is 5.91 Å². The van der Waals surface area contributed by atoms with Crippen LogP contribution in [0.3, 0.4) is 0 Å². The molecule has 1 aromatic heterocycles. The number of sulfone groups is 1. The van der Waals surface area contributed by atoms with Crippen molar-refractivity contribution in [3.63, 3.8) is 0 Å². The molecule has 0 N–H and O–H groups in total. The number of fused-ring (bicyclic) bond motifs is 1. The van der Waals surface area contributed by atoms with E-state index in [1.807, 2.05) is 0 Å². The highest BCUT2D eigenvalue weighted by Gasteiger charge is 2.16. The Morgan fingerprint density at radius 1 is 1.18 bits per heavy atom. The minimum absolute atomic E-state index is 0.0954. The number of nitrogens with zero attached hydrogens (tertiary/aromatic N) is 3. The fourth-order valence-electron chi connectivity index (χ4n) is 3.26. The van der Waals surface area contributed by atoms with Gasteiger partial charge in [-0.15, -0.1) is 0 Å². The van der Waals surface area contributed by atoms with Crippen LogP contribution in [0.1, 0.15) is 25.3 Å². The summed E-state index contributed by atoms with van der Waals surface area (Å²) < 4.78 is 31.6. The highest BCUT2D eigenvalue weighted by Crippen LogP contribution is 2.23. The van der Waals surface area contributed by atoms with E-state index in [1.54, 1.807) is 37.3 Å². The van der Waals surface area contributed by atoms with E-state index in [9.17, 15) is 28.1 Å². The van der Waals surface area contributed by atoms with E-state index in [0.29, 0.717) is 15.8 Å². The van der Waals surface area contributed by atoms with Gasteiger partial charge in [-0.3, -0.25) is 19.7 Å². The highest BCUT2D eigenvalue weighted by molar-refractivity contribution is 7.90. The summed E-state index contributed by atoms with van der Waals surface area (Å²) in [7, 11) is -3.39. The lowest BCUT2D eigenvalue weighted by molar-refractivity contribution is -0.384. The molecule has 180 valence electrons. The number of benzene rings is 2.